The fourth-order valence-electron chi connectivity index (χ4n) is 1.87. The Morgan fingerprint density at radius 1 is 1.42 bits per heavy atom. The number of nitrogens with one attached hydrogen (secondary N) is 1. The van der Waals surface area contributed by atoms with Crippen LogP contribution in [0.2, 0.25) is 0 Å². The van der Waals surface area contributed by atoms with Gasteiger partial charge in [-0.1, -0.05) is 29.8 Å². The molecule has 1 N–H and O–H groups in total. The number of benzene rings is 1. The number of hydrogen-bond acceptors (Lipinski definition) is 3. The number of halogens is 5. The first-order valence-electron chi connectivity index (χ1n) is 6.73. The van der Waals surface area contributed by atoms with Crippen molar-refractivity contribution in [1.82, 2.24) is 9.78 Å². The molecule has 1 aromatic carbocycles. The van der Waals surface area contributed by atoms with Crippen LogP contribution in [-0.2, 0) is 10.9 Å². The van der Waals surface area contributed by atoms with Crippen LogP contribution in [0.15, 0.2) is 30.3 Å². The normalized spacial score (nSPS) is 12.9. The van der Waals surface area contributed by atoms with Gasteiger partial charge in [0, 0.05) is 12.2 Å². The summed E-state index contributed by atoms with van der Waals surface area (Å²) in [4.78, 5) is 12.1. The highest BCUT2D eigenvalue weighted by Gasteiger charge is 2.41. The van der Waals surface area contributed by atoms with Crippen molar-refractivity contribution in [2.24, 2.45) is 0 Å². The minimum absolute atomic E-state index is 0.105. The molecule has 0 fully saturated rings. The highest BCUT2D eigenvalue weighted by Crippen LogP contribution is 2.38. The summed E-state index contributed by atoms with van der Waals surface area (Å²) in [6.07, 6.45) is -4.70. The van der Waals surface area contributed by atoms with Crippen LogP contribution in [0.5, 0.6) is 0 Å². The van der Waals surface area contributed by atoms with Crippen molar-refractivity contribution in [2.75, 3.05) is 11.9 Å². The molecule has 1 unspecified atom stereocenters. The predicted octanol–water partition coefficient (Wildman–Crippen LogP) is 4.49. The molecule has 130 valence electrons. The van der Waals surface area contributed by atoms with Crippen molar-refractivity contribution < 1.29 is 22.7 Å². The van der Waals surface area contributed by atoms with Crippen LogP contribution in [0.25, 0.3) is 0 Å². The Bertz CT molecular complexity index is 722. The highest BCUT2D eigenvalue weighted by molar-refractivity contribution is 14.1. The molecule has 0 bridgehead atoms. The molecule has 0 spiro atoms. The van der Waals surface area contributed by atoms with Crippen molar-refractivity contribution in [3.8, 4) is 0 Å². The van der Waals surface area contributed by atoms with Crippen LogP contribution < -0.4 is 5.32 Å². The van der Waals surface area contributed by atoms with Gasteiger partial charge in [-0.15, -0.1) is 5.10 Å². The van der Waals surface area contributed by atoms with Gasteiger partial charge in [0.15, 0.2) is 11.5 Å². The Morgan fingerprint density at radius 3 is 2.58 bits per heavy atom. The third-order valence-corrected chi connectivity index (χ3v) is 4.22. The Kier molecular flexibility index (Phi) is 6.10. The molecule has 2 rings (SSSR count). The second-order valence-corrected chi connectivity index (χ2v) is 5.97. The van der Waals surface area contributed by atoms with Gasteiger partial charge in [-0.25, -0.2) is 4.68 Å². The van der Waals surface area contributed by atoms with Crippen LogP contribution in [-0.4, -0.2) is 22.3 Å². The average Bonchev–Trinajstić information content (AvgIpc) is 2.85. The maximum atomic E-state index is 13.3. The number of carbonyl (C=O) groups is 1. The van der Waals surface area contributed by atoms with E-state index in [0.29, 0.717) is 10.2 Å². The molecule has 0 saturated heterocycles. The molecule has 5 nitrogen and oxygen atoms in total. The van der Waals surface area contributed by atoms with Gasteiger partial charge < -0.3 is 10.1 Å². The molecule has 0 aliphatic carbocycles. The molecular weight excluding hydrogens is 462 g/mol. The molecular formula is C14H12ClF3IN3O2. The number of alkyl halides is 4. The van der Waals surface area contributed by atoms with E-state index < -0.39 is 23.5 Å². The van der Waals surface area contributed by atoms with Gasteiger partial charge in [0.05, 0.1) is 3.57 Å². The molecule has 1 aromatic heterocycles. The third kappa shape index (κ3) is 4.19. The molecule has 24 heavy (non-hydrogen) atoms. The summed E-state index contributed by atoms with van der Waals surface area (Å²) in [6, 6.07) is 8.08. The highest BCUT2D eigenvalue weighted by atomic mass is 127. The van der Waals surface area contributed by atoms with Gasteiger partial charge in [-0.3, -0.25) is 4.79 Å². The van der Waals surface area contributed by atoms with Crippen molar-refractivity contribution in [2.45, 2.75) is 18.8 Å². The van der Waals surface area contributed by atoms with Gasteiger partial charge in [0.2, 0.25) is 5.69 Å². The van der Waals surface area contributed by atoms with E-state index >= 15 is 0 Å². The van der Waals surface area contributed by atoms with E-state index in [-0.39, 0.29) is 16.0 Å². The van der Waals surface area contributed by atoms with Gasteiger partial charge in [0.25, 0.3) is 5.91 Å². The second kappa shape index (κ2) is 7.70. The first-order valence-corrected chi connectivity index (χ1v) is 8.24. The maximum Gasteiger partial charge on any atom is 0.434 e. The predicted molar refractivity (Wildman–Crippen MR) is 90.9 cm³/mol. The monoisotopic (exact) mass is 473 g/mol. The molecule has 1 heterocycles. The number of nitrogens with zero attached hydrogens (tertiary/aromatic N) is 2. The van der Waals surface area contributed by atoms with Crippen molar-refractivity contribution in [3.05, 3.63) is 45.2 Å². The Hall–Kier alpha value is -1.33. The molecule has 1 amide bonds. The second-order valence-electron chi connectivity index (χ2n) is 4.52. The fourth-order valence-corrected chi connectivity index (χ4v) is 2.94. The lowest BCUT2D eigenvalue weighted by Gasteiger charge is -2.15. The number of rotatable bonds is 5. The van der Waals surface area contributed by atoms with E-state index in [1.165, 1.54) is 34.7 Å². The molecule has 2 aromatic rings. The van der Waals surface area contributed by atoms with E-state index in [2.05, 4.69) is 10.4 Å². The van der Waals surface area contributed by atoms with Gasteiger partial charge in [-0.05, 0) is 41.6 Å². The van der Waals surface area contributed by atoms with Gasteiger partial charge in [-0.2, -0.15) is 13.2 Å². The Labute approximate surface area is 154 Å². The lowest BCUT2D eigenvalue weighted by atomic mass is 10.2. The van der Waals surface area contributed by atoms with Crippen LogP contribution in [0.3, 0.4) is 0 Å². The van der Waals surface area contributed by atoms with E-state index in [0.717, 1.165) is 0 Å². The first-order chi connectivity index (χ1) is 11.3. The van der Waals surface area contributed by atoms with E-state index in [1.807, 2.05) is 0 Å². The van der Waals surface area contributed by atoms with Gasteiger partial charge >= 0.3 is 6.18 Å². The number of anilines is 1. The quantitative estimate of drug-likeness (QED) is 0.514. The fraction of sp³-hybridized carbons (Fsp3) is 0.286. The lowest BCUT2D eigenvalue weighted by molar-refractivity contribution is -0.148. The van der Waals surface area contributed by atoms with Crippen molar-refractivity contribution in [1.29, 1.82) is 0 Å². The molecule has 10 heteroatoms. The minimum Gasteiger partial charge on any atom is -0.344 e. The molecule has 0 saturated carbocycles. The summed E-state index contributed by atoms with van der Waals surface area (Å²) in [6.45, 7) is 1.70. The van der Waals surface area contributed by atoms with Crippen LogP contribution in [0.4, 0.5) is 19.0 Å². The summed E-state index contributed by atoms with van der Waals surface area (Å²) in [5.74, 6) is -0.809. The summed E-state index contributed by atoms with van der Waals surface area (Å²) in [5, 5.41) is 6.12. The zero-order chi connectivity index (χ0) is 17.9. The zero-order valence-corrected chi connectivity index (χ0v) is 15.2. The lowest BCUT2D eigenvalue weighted by Crippen LogP contribution is -2.19. The molecule has 0 radical (unpaired) electrons. The average molecular weight is 474 g/mol. The standard InChI is InChI=1S/C14H12ClF3IN3O2/c1-2-24-13(15)22-10(14(16,17)18)9(19)11(21-22)20-12(23)8-6-4-3-5-7-8/h3-7,13H,2H2,1H3,(H,20,21,23). The van der Waals surface area contributed by atoms with E-state index in [9.17, 15) is 18.0 Å². The molecule has 1 atom stereocenters. The number of aromatic nitrogens is 2. The SMILES string of the molecule is CCOC(Cl)n1nc(NC(=O)c2ccccc2)c(I)c1C(F)(F)F. The summed E-state index contributed by atoms with van der Waals surface area (Å²) in [5.41, 5.74) is -2.23. The molecule has 0 aliphatic rings. The topological polar surface area (TPSA) is 56.1 Å². The number of hydrogen-bond donors (Lipinski definition) is 1. The third-order valence-electron chi connectivity index (χ3n) is 2.89. The Balaban J connectivity index is 2.39. The number of amides is 1. The number of ether oxygens (including phenoxy) is 1. The molecule has 0 aliphatic heterocycles. The minimum atomic E-state index is -4.70. The maximum absolute atomic E-state index is 13.3. The first kappa shape index (κ1) is 19.0. The number of carbonyl (C=O) groups excluding carboxylic acids is 1. The Morgan fingerprint density at radius 2 is 2.04 bits per heavy atom. The zero-order valence-electron chi connectivity index (χ0n) is 12.3. The summed E-state index contributed by atoms with van der Waals surface area (Å²) in [7, 11) is 0. The smallest absolute Gasteiger partial charge is 0.344 e. The van der Waals surface area contributed by atoms with Gasteiger partial charge in [0.1, 0.15) is 0 Å². The van der Waals surface area contributed by atoms with Crippen molar-refractivity contribution >= 4 is 45.9 Å². The largest absolute Gasteiger partial charge is 0.434 e. The van der Waals surface area contributed by atoms with E-state index in [1.54, 1.807) is 25.1 Å². The van der Waals surface area contributed by atoms with Crippen LogP contribution >= 0.6 is 34.2 Å². The van der Waals surface area contributed by atoms with Crippen molar-refractivity contribution in [3.63, 3.8) is 0 Å². The van der Waals surface area contributed by atoms with Crippen LogP contribution in [0.1, 0.15) is 28.7 Å². The van der Waals surface area contributed by atoms with Crippen LogP contribution in [0, 0.1) is 3.57 Å². The summed E-state index contributed by atoms with van der Waals surface area (Å²) >= 11 is 7.29. The summed E-state index contributed by atoms with van der Waals surface area (Å²) < 4.78 is 45.1. The van der Waals surface area contributed by atoms with E-state index in [4.69, 9.17) is 16.3 Å².